The van der Waals surface area contributed by atoms with Gasteiger partial charge in [-0.1, -0.05) is 24.7 Å². The van der Waals surface area contributed by atoms with Crippen molar-refractivity contribution >= 4 is 32.4 Å². The number of unbranched alkanes of at least 4 members (excludes halogenated alkanes) is 1. The van der Waals surface area contributed by atoms with Crippen LogP contribution >= 0.6 is 11.3 Å². The summed E-state index contributed by atoms with van der Waals surface area (Å²) in [4.78, 5) is 20.1. The minimum absolute atomic E-state index is 0.164. The Labute approximate surface area is 153 Å². The van der Waals surface area contributed by atoms with E-state index in [9.17, 15) is 13.2 Å². The Bertz CT molecular complexity index is 686. The number of hydrogen-bond donors (Lipinski definition) is 0. The molecule has 1 aromatic rings. The number of rotatable bonds is 5. The molecule has 7 nitrogen and oxygen atoms in total. The van der Waals surface area contributed by atoms with Crippen molar-refractivity contribution in [2.45, 2.75) is 50.3 Å². The molecule has 1 saturated heterocycles. The molecule has 0 radical (unpaired) electrons. The molecule has 0 bridgehead atoms. The first-order chi connectivity index (χ1) is 11.6. The van der Waals surface area contributed by atoms with E-state index in [-0.39, 0.29) is 11.8 Å². The molecule has 1 aliphatic heterocycles. The molecular formula is C16H27N3O4S2. The van der Waals surface area contributed by atoms with E-state index in [1.807, 2.05) is 32.6 Å². The summed E-state index contributed by atoms with van der Waals surface area (Å²) >= 11 is 1.21. The maximum atomic E-state index is 12.2. The first-order valence-electron chi connectivity index (χ1n) is 8.54. The molecule has 2 rings (SSSR count). The van der Waals surface area contributed by atoms with Crippen LogP contribution in [-0.2, 0) is 14.6 Å². The van der Waals surface area contributed by atoms with Crippen molar-refractivity contribution in [1.82, 2.24) is 9.88 Å². The SMILES string of the molecule is CCCCS(=O)(=O)c1cnc(N2CCN(C(=O)OC(C)(C)C)CC2)s1. The Morgan fingerprint density at radius 1 is 1.28 bits per heavy atom. The zero-order valence-corrected chi connectivity index (χ0v) is 17.0. The quantitative estimate of drug-likeness (QED) is 0.770. The highest BCUT2D eigenvalue weighted by Crippen LogP contribution is 2.28. The number of ether oxygens (including phenoxy) is 1. The number of aromatic nitrogens is 1. The lowest BCUT2D eigenvalue weighted by molar-refractivity contribution is 0.0240. The molecule has 0 N–H and O–H groups in total. The molecule has 0 aliphatic carbocycles. The van der Waals surface area contributed by atoms with Crippen LogP contribution < -0.4 is 4.90 Å². The first kappa shape index (κ1) is 20.0. The van der Waals surface area contributed by atoms with Crippen LogP contribution in [0.15, 0.2) is 10.4 Å². The molecule has 0 aromatic carbocycles. The minimum atomic E-state index is -3.24. The van der Waals surface area contributed by atoms with Crippen LogP contribution in [0.5, 0.6) is 0 Å². The monoisotopic (exact) mass is 389 g/mol. The number of thiazole rings is 1. The van der Waals surface area contributed by atoms with E-state index in [1.54, 1.807) is 4.90 Å². The molecule has 25 heavy (non-hydrogen) atoms. The van der Waals surface area contributed by atoms with E-state index >= 15 is 0 Å². The van der Waals surface area contributed by atoms with Gasteiger partial charge in [-0.2, -0.15) is 0 Å². The number of hydrogen-bond acceptors (Lipinski definition) is 7. The second-order valence-corrected chi connectivity index (χ2v) is 10.4. The molecule has 0 unspecified atom stereocenters. The summed E-state index contributed by atoms with van der Waals surface area (Å²) in [5.41, 5.74) is -0.509. The van der Waals surface area contributed by atoms with Crippen molar-refractivity contribution in [3.8, 4) is 0 Å². The van der Waals surface area contributed by atoms with E-state index in [2.05, 4.69) is 4.98 Å². The zero-order valence-electron chi connectivity index (χ0n) is 15.3. The first-order valence-corrected chi connectivity index (χ1v) is 11.0. The Hall–Kier alpha value is -1.35. The highest BCUT2D eigenvalue weighted by atomic mass is 32.2. The van der Waals surface area contributed by atoms with Gasteiger partial charge in [-0.05, 0) is 27.2 Å². The maximum Gasteiger partial charge on any atom is 0.410 e. The fourth-order valence-corrected chi connectivity index (χ4v) is 5.15. The van der Waals surface area contributed by atoms with Crippen molar-refractivity contribution in [3.63, 3.8) is 0 Å². The van der Waals surface area contributed by atoms with E-state index in [4.69, 9.17) is 4.74 Å². The molecule has 1 aromatic heterocycles. The molecule has 1 amide bonds. The van der Waals surface area contributed by atoms with Crippen molar-refractivity contribution in [1.29, 1.82) is 0 Å². The number of carbonyl (C=O) groups excluding carboxylic acids is 1. The molecular weight excluding hydrogens is 362 g/mol. The van der Waals surface area contributed by atoms with Gasteiger partial charge < -0.3 is 14.5 Å². The maximum absolute atomic E-state index is 12.2. The van der Waals surface area contributed by atoms with Gasteiger partial charge in [0.25, 0.3) is 0 Å². The van der Waals surface area contributed by atoms with Crippen LogP contribution in [0.3, 0.4) is 0 Å². The van der Waals surface area contributed by atoms with Gasteiger partial charge in [0.2, 0.25) is 0 Å². The summed E-state index contributed by atoms with van der Waals surface area (Å²) in [5.74, 6) is 0.164. The number of sulfone groups is 1. The van der Waals surface area contributed by atoms with Gasteiger partial charge in [0.1, 0.15) is 9.81 Å². The van der Waals surface area contributed by atoms with Gasteiger partial charge in [0, 0.05) is 26.2 Å². The van der Waals surface area contributed by atoms with Gasteiger partial charge >= 0.3 is 6.09 Å². The Morgan fingerprint density at radius 2 is 1.92 bits per heavy atom. The van der Waals surface area contributed by atoms with E-state index < -0.39 is 15.4 Å². The second-order valence-electron chi connectivity index (χ2n) is 7.09. The predicted molar refractivity (Wildman–Crippen MR) is 99.1 cm³/mol. The molecule has 142 valence electrons. The number of anilines is 1. The van der Waals surface area contributed by atoms with Crippen LogP contribution in [0.25, 0.3) is 0 Å². The third-order valence-corrected chi connectivity index (χ3v) is 7.16. The Kier molecular flexibility index (Phi) is 6.31. The summed E-state index contributed by atoms with van der Waals surface area (Å²) in [5, 5.41) is 0.693. The topological polar surface area (TPSA) is 79.8 Å². The lowest BCUT2D eigenvalue weighted by Gasteiger charge is -2.35. The third kappa shape index (κ3) is 5.57. The highest BCUT2D eigenvalue weighted by molar-refractivity contribution is 7.93. The van der Waals surface area contributed by atoms with Crippen molar-refractivity contribution in [2.24, 2.45) is 0 Å². The third-order valence-electron chi connectivity index (χ3n) is 3.75. The summed E-state index contributed by atoms with van der Waals surface area (Å²) < 4.78 is 30.2. The number of carbonyl (C=O) groups is 1. The summed E-state index contributed by atoms with van der Waals surface area (Å²) in [6.07, 6.45) is 2.64. The lowest BCUT2D eigenvalue weighted by Crippen LogP contribution is -2.50. The fraction of sp³-hybridized carbons (Fsp3) is 0.750. The minimum Gasteiger partial charge on any atom is -0.444 e. The largest absolute Gasteiger partial charge is 0.444 e. The van der Waals surface area contributed by atoms with Crippen molar-refractivity contribution < 1.29 is 17.9 Å². The van der Waals surface area contributed by atoms with Crippen LogP contribution in [0, 0.1) is 0 Å². The van der Waals surface area contributed by atoms with E-state index in [0.717, 1.165) is 6.42 Å². The normalized spacial score (nSPS) is 16.2. The van der Waals surface area contributed by atoms with Crippen LogP contribution in [0.4, 0.5) is 9.93 Å². The molecule has 1 aliphatic rings. The summed E-state index contributed by atoms with van der Waals surface area (Å²) in [7, 11) is -3.24. The molecule has 0 spiro atoms. The smallest absolute Gasteiger partial charge is 0.410 e. The second kappa shape index (κ2) is 7.90. The van der Waals surface area contributed by atoms with Crippen LogP contribution in [0.2, 0.25) is 0 Å². The van der Waals surface area contributed by atoms with Gasteiger partial charge in [-0.15, -0.1) is 0 Å². The number of piperazine rings is 1. The molecule has 1 fully saturated rings. The van der Waals surface area contributed by atoms with E-state index in [0.29, 0.717) is 41.9 Å². The molecule has 0 atom stereocenters. The average molecular weight is 390 g/mol. The standard InChI is InChI=1S/C16H27N3O4S2/c1-5-6-11-25(21,22)13-12-17-14(24-13)18-7-9-19(10-8-18)15(20)23-16(2,3)4/h12H,5-11H2,1-4H3. The molecule has 9 heteroatoms. The van der Waals surface area contributed by atoms with Gasteiger partial charge in [0.15, 0.2) is 15.0 Å². The van der Waals surface area contributed by atoms with Crippen LogP contribution in [0.1, 0.15) is 40.5 Å². The molecule has 2 heterocycles. The van der Waals surface area contributed by atoms with Gasteiger partial charge in [-0.25, -0.2) is 18.2 Å². The lowest BCUT2D eigenvalue weighted by atomic mass is 10.2. The zero-order chi connectivity index (χ0) is 18.7. The van der Waals surface area contributed by atoms with Crippen LogP contribution in [-0.4, -0.2) is 61.9 Å². The Morgan fingerprint density at radius 3 is 2.48 bits per heavy atom. The number of nitrogens with zero attached hydrogens (tertiary/aromatic N) is 3. The number of amides is 1. The van der Waals surface area contributed by atoms with Crippen molar-refractivity contribution in [3.05, 3.63) is 6.20 Å². The Balaban J connectivity index is 1.94. The predicted octanol–water partition coefficient (Wildman–Crippen LogP) is 2.77. The average Bonchev–Trinajstić information content (AvgIpc) is 3.02. The van der Waals surface area contributed by atoms with Crippen molar-refractivity contribution in [2.75, 3.05) is 36.8 Å². The fourth-order valence-electron chi connectivity index (χ4n) is 2.38. The highest BCUT2D eigenvalue weighted by Gasteiger charge is 2.27. The summed E-state index contributed by atoms with van der Waals surface area (Å²) in [6.45, 7) is 9.80. The van der Waals surface area contributed by atoms with E-state index in [1.165, 1.54) is 17.5 Å². The van der Waals surface area contributed by atoms with Gasteiger partial charge in [0.05, 0.1) is 11.9 Å². The summed E-state index contributed by atoms with van der Waals surface area (Å²) in [6, 6.07) is 0. The molecule has 0 saturated carbocycles. The van der Waals surface area contributed by atoms with Gasteiger partial charge in [-0.3, -0.25) is 0 Å².